The van der Waals surface area contributed by atoms with Crippen molar-refractivity contribution in [2.45, 2.75) is 26.3 Å². The van der Waals surface area contributed by atoms with Gasteiger partial charge in [0.15, 0.2) is 0 Å². The van der Waals surface area contributed by atoms with E-state index in [0.717, 1.165) is 5.01 Å². The molecule has 0 aliphatic rings. The molecule has 0 saturated carbocycles. The number of hydrogen-bond donors (Lipinski definition) is 1. The molecule has 2 amide bonds. The molecule has 0 atom stereocenters. The third-order valence-corrected chi connectivity index (χ3v) is 3.71. The second-order valence-electron chi connectivity index (χ2n) is 6.39. The maximum absolute atomic E-state index is 13.8. The third-order valence-electron chi connectivity index (χ3n) is 3.27. The summed E-state index contributed by atoms with van der Waals surface area (Å²) in [5.74, 6) is -5.75. The first kappa shape index (κ1) is 19.9. The van der Waals surface area contributed by atoms with Gasteiger partial charge in [-0.3, -0.25) is 20.0 Å². The Balaban J connectivity index is 2.38. The van der Waals surface area contributed by atoms with Crippen LogP contribution in [0.4, 0.5) is 13.2 Å². The minimum absolute atomic E-state index is 0.148. The Kier molecular flexibility index (Phi) is 5.70. The number of benzene rings is 1. The second-order valence-corrected chi connectivity index (χ2v) is 7.30. The van der Waals surface area contributed by atoms with Crippen LogP contribution < -0.4 is 5.43 Å². The van der Waals surface area contributed by atoms with Crippen LogP contribution in [0.2, 0.25) is 0 Å². The van der Waals surface area contributed by atoms with E-state index in [1.165, 1.54) is 18.5 Å². The maximum atomic E-state index is 13.8. The lowest BCUT2D eigenvalue weighted by atomic mass is 10.1. The zero-order valence-electron chi connectivity index (χ0n) is 14.1. The molecule has 0 fully saturated rings. The minimum Gasteiger partial charge on any atom is -0.267 e. The Morgan fingerprint density at radius 3 is 2.15 bits per heavy atom. The number of halogens is 4. The molecule has 0 saturated heterocycles. The normalized spacial score (nSPS) is 11.2. The monoisotopic (exact) mass is 429 g/mol. The Hall–Kier alpha value is -2.42. The second kappa shape index (κ2) is 7.45. The van der Waals surface area contributed by atoms with Gasteiger partial charge in [-0.25, -0.2) is 18.2 Å². The molecule has 0 radical (unpaired) electrons. The van der Waals surface area contributed by atoms with Gasteiger partial charge in [-0.2, -0.15) is 0 Å². The fourth-order valence-electron chi connectivity index (χ4n) is 2.10. The smallest absolute Gasteiger partial charge is 0.267 e. The number of pyridine rings is 1. The Bertz CT molecular complexity index is 846. The van der Waals surface area contributed by atoms with E-state index >= 15 is 0 Å². The number of nitrogens with one attached hydrogen (secondary N) is 1. The highest BCUT2D eigenvalue weighted by Gasteiger charge is 2.31. The van der Waals surface area contributed by atoms with Crippen LogP contribution in [-0.2, 0) is 0 Å². The van der Waals surface area contributed by atoms with Crippen LogP contribution >= 0.6 is 15.9 Å². The van der Waals surface area contributed by atoms with Gasteiger partial charge in [0, 0.05) is 29.0 Å². The van der Waals surface area contributed by atoms with E-state index in [-0.39, 0.29) is 5.56 Å². The zero-order chi connectivity index (χ0) is 19.6. The first-order chi connectivity index (χ1) is 12.0. The highest BCUT2D eigenvalue weighted by atomic mass is 79.9. The largest absolute Gasteiger partial charge is 0.275 e. The summed E-state index contributed by atoms with van der Waals surface area (Å²) in [5, 5.41) is 0.932. The molecule has 9 heteroatoms. The Morgan fingerprint density at radius 1 is 1.08 bits per heavy atom. The summed E-state index contributed by atoms with van der Waals surface area (Å²) in [6, 6.07) is 2.26. The van der Waals surface area contributed by atoms with Crippen LogP contribution in [0.3, 0.4) is 0 Å². The molecule has 5 nitrogen and oxygen atoms in total. The molecule has 1 N–H and O–H groups in total. The van der Waals surface area contributed by atoms with Gasteiger partial charge in [0.2, 0.25) is 0 Å². The standard InChI is InChI=1S/C17H15BrF3N3O2/c1-17(2,3)24(16(26)9-4-10(18)8-22-7-9)23-15(25)14-12(20)5-11(19)6-13(14)21/h4-8H,1-3H3,(H,23,25). The van der Waals surface area contributed by atoms with E-state index < -0.39 is 40.4 Å². The molecule has 0 spiro atoms. The summed E-state index contributed by atoms with van der Waals surface area (Å²) in [4.78, 5) is 28.9. The number of hydrazine groups is 1. The van der Waals surface area contributed by atoms with Crippen LogP contribution in [0.5, 0.6) is 0 Å². The third kappa shape index (κ3) is 4.40. The average Bonchev–Trinajstić information content (AvgIpc) is 2.49. The quantitative estimate of drug-likeness (QED) is 0.737. The Morgan fingerprint density at radius 2 is 1.65 bits per heavy atom. The lowest BCUT2D eigenvalue weighted by molar-refractivity contribution is 0.0354. The van der Waals surface area contributed by atoms with Crippen LogP contribution in [0.25, 0.3) is 0 Å². The SMILES string of the molecule is CC(C)(C)N(NC(=O)c1c(F)cc(F)cc1F)C(=O)c1cncc(Br)c1. The highest BCUT2D eigenvalue weighted by Crippen LogP contribution is 2.19. The fourth-order valence-corrected chi connectivity index (χ4v) is 2.46. The Labute approximate surface area is 156 Å². The lowest BCUT2D eigenvalue weighted by Crippen LogP contribution is -2.56. The molecule has 0 unspecified atom stereocenters. The van der Waals surface area contributed by atoms with Crippen LogP contribution in [-0.4, -0.2) is 27.3 Å². The van der Waals surface area contributed by atoms with Gasteiger partial charge >= 0.3 is 0 Å². The minimum atomic E-state index is -1.37. The molecule has 1 aromatic carbocycles. The topological polar surface area (TPSA) is 62.3 Å². The zero-order valence-corrected chi connectivity index (χ0v) is 15.7. The molecular weight excluding hydrogens is 415 g/mol. The van der Waals surface area contributed by atoms with E-state index in [1.807, 2.05) is 0 Å². The number of aromatic nitrogens is 1. The van der Waals surface area contributed by atoms with Crippen molar-refractivity contribution in [2.75, 3.05) is 0 Å². The van der Waals surface area contributed by atoms with Crippen LogP contribution in [0.15, 0.2) is 35.1 Å². The molecule has 1 heterocycles. The average molecular weight is 430 g/mol. The molecule has 0 aliphatic carbocycles. The molecule has 2 aromatic rings. The molecule has 0 bridgehead atoms. The van der Waals surface area contributed by atoms with Gasteiger partial charge in [-0.05, 0) is 42.8 Å². The predicted octanol–water partition coefficient (Wildman–Crippen LogP) is 3.85. The van der Waals surface area contributed by atoms with Crippen molar-refractivity contribution in [2.24, 2.45) is 0 Å². The predicted molar refractivity (Wildman–Crippen MR) is 91.6 cm³/mol. The molecule has 138 valence electrons. The highest BCUT2D eigenvalue weighted by molar-refractivity contribution is 9.10. The van der Waals surface area contributed by atoms with Gasteiger partial charge < -0.3 is 0 Å². The van der Waals surface area contributed by atoms with E-state index in [1.54, 1.807) is 20.8 Å². The van der Waals surface area contributed by atoms with E-state index in [4.69, 9.17) is 0 Å². The van der Waals surface area contributed by atoms with Crippen molar-refractivity contribution in [3.05, 3.63) is 63.6 Å². The molecular formula is C17H15BrF3N3O2. The van der Waals surface area contributed by atoms with Crippen molar-refractivity contribution in [3.8, 4) is 0 Å². The van der Waals surface area contributed by atoms with E-state index in [9.17, 15) is 22.8 Å². The van der Waals surface area contributed by atoms with Crippen molar-refractivity contribution >= 4 is 27.7 Å². The van der Waals surface area contributed by atoms with Gasteiger partial charge in [0.25, 0.3) is 11.8 Å². The van der Waals surface area contributed by atoms with Gasteiger partial charge in [0.05, 0.1) is 11.1 Å². The maximum Gasteiger partial charge on any atom is 0.275 e. The van der Waals surface area contributed by atoms with Crippen LogP contribution in [0, 0.1) is 17.5 Å². The van der Waals surface area contributed by atoms with Crippen molar-refractivity contribution < 1.29 is 22.8 Å². The summed E-state index contributed by atoms with van der Waals surface area (Å²) in [5.41, 5.74) is 0.425. The van der Waals surface area contributed by atoms with Crippen LogP contribution in [0.1, 0.15) is 41.5 Å². The number of carbonyl (C=O) groups is 2. The van der Waals surface area contributed by atoms with E-state index in [2.05, 4.69) is 26.3 Å². The first-order valence-corrected chi connectivity index (χ1v) is 8.20. The molecule has 1 aromatic heterocycles. The number of carbonyl (C=O) groups excluding carboxylic acids is 2. The molecule has 26 heavy (non-hydrogen) atoms. The summed E-state index contributed by atoms with van der Waals surface area (Å²) in [6.07, 6.45) is 2.76. The molecule has 2 rings (SSSR count). The van der Waals surface area contributed by atoms with Gasteiger partial charge in [-0.15, -0.1) is 0 Å². The number of rotatable bonds is 2. The summed E-state index contributed by atoms with van der Waals surface area (Å²) < 4.78 is 41.2. The summed E-state index contributed by atoms with van der Waals surface area (Å²) in [7, 11) is 0. The lowest BCUT2D eigenvalue weighted by Gasteiger charge is -2.35. The fraction of sp³-hybridized carbons (Fsp3) is 0.235. The first-order valence-electron chi connectivity index (χ1n) is 7.41. The van der Waals surface area contributed by atoms with Gasteiger partial charge in [0.1, 0.15) is 23.0 Å². The number of nitrogens with zero attached hydrogens (tertiary/aromatic N) is 2. The number of hydrogen-bond acceptors (Lipinski definition) is 3. The van der Waals surface area contributed by atoms with Crippen molar-refractivity contribution in [1.29, 1.82) is 0 Å². The summed E-state index contributed by atoms with van der Waals surface area (Å²) >= 11 is 3.19. The van der Waals surface area contributed by atoms with E-state index in [0.29, 0.717) is 16.6 Å². The van der Waals surface area contributed by atoms with Crippen molar-refractivity contribution in [1.82, 2.24) is 15.4 Å². The molecule has 0 aliphatic heterocycles. The summed E-state index contributed by atoms with van der Waals surface area (Å²) in [6.45, 7) is 4.86. The number of amides is 2. The van der Waals surface area contributed by atoms with Gasteiger partial charge in [-0.1, -0.05) is 0 Å². The van der Waals surface area contributed by atoms with Crippen molar-refractivity contribution in [3.63, 3.8) is 0 Å².